The maximum absolute atomic E-state index is 11.7. The first-order valence-electron chi connectivity index (χ1n) is 3.55. The lowest BCUT2D eigenvalue weighted by molar-refractivity contribution is -0.274. The normalized spacial score (nSPS) is 10.8. The highest BCUT2D eigenvalue weighted by Crippen LogP contribution is 2.23. The summed E-state index contributed by atoms with van der Waals surface area (Å²) in [6.07, 6.45) is -3.87. The van der Waals surface area contributed by atoms with Crippen LogP contribution in [0, 0.1) is 18.3 Å². The Morgan fingerprint density at radius 3 is 2.57 bits per heavy atom. The smallest absolute Gasteiger partial charge is 0.404 e. The number of ether oxygens (including phenoxy) is 1. The Bertz CT molecular complexity index is 381. The van der Waals surface area contributed by atoms with Gasteiger partial charge in [0.15, 0.2) is 0 Å². The molecule has 74 valence electrons. The minimum atomic E-state index is -4.73. The van der Waals surface area contributed by atoms with Crippen molar-refractivity contribution in [2.24, 2.45) is 0 Å². The fourth-order valence-corrected chi connectivity index (χ4v) is 0.855. The SMILES string of the molecule is Cc1cc(OC(F)(F)F)cnc1C#N. The molecule has 1 heterocycles. The molecule has 0 radical (unpaired) electrons. The topological polar surface area (TPSA) is 45.9 Å². The van der Waals surface area contributed by atoms with Crippen LogP contribution in [0.1, 0.15) is 11.3 Å². The molecule has 0 aliphatic rings. The van der Waals surface area contributed by atoms with Crippen LogP contribution in [-0.4, -0.2) is 11.3 Å². The molecule has 0 aliphatic heterocycles. The van der Waals surface area contributed by atoms with Crippen molar-refractivity contribution in [3.63, 3.8) is 0 Å². The van der Waals surface area contributed by atoms with Crippen LogP contribution in [0.2, 0.25) is 0 Å². The van der Waals surface area contributed by atoms with Crippen molar-refractivity contribution < 1.29 is 17.9 Å². The van der Waals surface area contributed by atoms with E-state index in [9.17, 15) is 13.2 Å². The summed E-state index contributed by atoms with van der Waals surface area (Å²) < 4.78 is 38.8. The van der Waals surface area contributed by atoms with Gasteiger partial charge in [0.05, 0.1) is 6.20 Å². The molecule has 0 unspecified atom stereocenters. The van der Waals surface area contributed by atoms with Gasteiger partial charge in [0, 0.05) is 0 Å². The lowest BCUT2D eigenvalue weighted by atomic mass is 10.2. The van der Waals surface area contributed by atoms with E-state index >= 15 is 0 Å². The number of hydrogen-bond acceptors (Lipinski definition) is 3. The van der Waals surface area contributed by atoms with Gasteiger partial charge in [-0.3, -0.25) is 0 Å². The molecule has 0 saturated heterocycles. The quantitative estimate of drug-likeness (QED) is 0.700. The number of nitrogens with zero attached hydrogens (tertiary/aromatic N) is 2. The summed E-state index contributed by atoms with van der Waals surface area (Å²) in [5.74, 6) is -0.422. The zero-order chi connectivity index (χ0) is 10.8. The molecule has 0 aromatic carbocycles. The molecule has 3 nitrogen and oxygen atoms in total. The minimum absolute atomic E-state index is 0.0829. The number of aryl methyl sites for hydroxylation is 1. The third-order valence-corrected chi connectivity index (χ3v) is 1.39. The number of rotatable bonds is 1. The molecular weight excluding hydrogens is 197 g/mol. The first-order valence-corrected chi connectivity index (χ1v) is 3.55. The van der Waals surface area contributed by atoms with E-state index < -0.39 is 12.1 Å². The van der Waals surface area contributed by atoms with Crippen LogP contribution in [0.5, 0.6) is 5.75 Å². The van der Waals surface area contributed by atoms with E-state index in [0.717, 1.165) is 12.3 Å². The third kappa shape index (κ3) is 2.62. The number of halogens is 3. The molecule has 1 aromatic heterocycles. The first kappa shape index (κ1) is 10.3. The molecule has 14 heavy (non-hydrogen) atoms. The minimum Gasteiger partial charge on any atom is -0.404 e. The van der Waals surface area contributed by atoms with E-state index in [1.54, 1.807) is 6.07 Å². The molecule has 0 fully saturated rings. The highest BCUT2D eigenvalue weighted by Gasteiger charge is 2.31. The maximum Gasteiger partial charge on any atom is 0.573 e. The molecule has 1 aromatic rings. The van der Waals surface area contributed by atoms with Crippen LogP contribution in [0.25, 0.3) is 0 Å². The summed E-state index contributed by atoms with van der Waals surface area (Å²) in [6.45, 7) is 1.48. The Kier molecular flexibility index (Phi) is 2.60. The van der Waals surface area contributed by atoms with Crippen molar-refractivity contribution in [2.75, 3.05) is 0 Å². The van der Waals surface area contributed by atoms with Gasteiger partial charge in [-0.15, -0.1) is 13.2 Å². The monoisotopic (exact) mass is 202 g/mol. The molecular formula is C8H5F3N2O. The average Bonchev–Trinajstić information content (AvgIpc) is 2.01. The zero-order valence-electron chi connectivity index (χ0n) is 7.09. The van der Waals surface area contributed by atoms with E-state index in [0.29, 0.717) is 5.56 Å². The van der Waals surface area contributed by atoms with Gasteiger partial charge in [0.2, 0.25) is 0 Å². The second-order valence-corrected chi connectivity index (χ2v) is 2.50. The first-order chi connectivity index (χ1) is 6.42. The molecule has 0 bridgehead atoms. The lowest BCUT2D eigenvalue weighted by Crippen LogP contribution is -2.17. The largest absolute Gasteiger partial charge is 0.573 e. The Morgan fingerprint density at radius 1 is 1.50 bits per heavy atom. The van der Waals surface area contributed by atoms with Crippen LogP contribution in [0.3, 0.4) is 0 Å². The highest BCUT2D eigenvalue weighted by atomic mass is 19.4. The van der Waals surface area contributed by atoms with Gasteiger partial charge >= 0.3 is 6.36 Å². The number of nitriles is 1. The van der Waals surface area contributed by atoms with Gasteiger partial charge in [-0.05, 0) is 18.6 Å². The molecule has 0 spiro atoms. The van der Waals surface area contributed by atoms with Gasteiger partial charge in [-0.1, -0.05) is 0 Å². The molecule has 6 heteroatoms. The van der Waals surface area contributed by atoms with Crippen LogP contribution < -0.4 is 4.74 Å². The van der Waals surface area contributed by atoms with Crippen LogP contribution in [0.15, 0.2) is 12.3 Å². The van der Waals surface area contributed by atoms with Crippen LogP contribution in [0.4, 0.5) is 13.2 Å². The van der Waals surface area contributed by atoms with Crippen LogP contribution >= 0.6 is 0 Å². The van der Waals surface area contributed by atoms with Crippen molar-refractivity contribution in [1.82, 2.24) is 4.98 Å². The van der Waals surface area contributed by atoms with Crippen LogP contribution in [-0.2, 0) is 0 Å². The molecule has 1 rings (SSSR count). The molecule has 0 atom stereocenters. The Hall–Kier alpha value is -1.77. The molecule has 0 saturated carbocycles. The fraction of sp³-hybridized carbons (Fsp3) is 0.250. The lowest BCUT2D eigenvalue weighted by Gasteiger charge is -2.08. The fourth-order valence-electron chi connectivity index (χ4n) is 0.855. The second-order valence-electron chi connectivity index (χ2n) is 2.50. The Labute approximate surface area is 77.7 Å². The molecule has 0 N–H and O–H groups in total. The van der Waals surface area contributed by atoms with Crippen molar-refractivity contribution in [3.8, 4) is 11.8 Å². The maximum atomic E-state index is 11.7. The van der Waals surface area contributed by atoms with Crippen molar-refractivity contribution in [1.29, 1.82) is 5.26 Å². The van der Waals surface area contributed by atoms with Gasteiger partial charge in [0.1, 0.15) is 17.5 Å². The highest BCUT2D eigenvalue weighted by molar-refractivity contribution is 5.35. The standard InChI is InChI=1S/C8H5F3N2O/c1-5-2-6(14-8(9,10)11)4-13-7(5)3-12/h2,4H,1H3. The predicted octanol–water partition coefficient (Wildman–Crippen LogP) is 2.16. The summed E-state index contributed by atoms with van der Waals surface area (Å²) >= 11 is 0. The summed E-state index contributed by atoms with van der Waals surface area (Å²) in [5, 5.41) is 8.47. The molecule has 0 aliphatic carbocycles. The third-order valence-electron chi connectivity index (χ3n) is 1.39. The summed E-state index contributed by atoms with van der Waals surface area (Å²) in [6, 6.07) is 2.85. The zero-order valence-corrected chi connectivity index (χ0v) is 7.09. The molecule has 0 amide bonds. The predicted molar refractivity (Wildman–Crippen MR) is 40.4 cm³/mol. The van der Waals surface area contributed by atoms with E-state index in [-0.39, 0.29) is 5.69 Å². The number of pyridine rings is 1. The summed E-state index contributed by atoms with van der Waals surface area (Å²) in [5.41, 5.74) is 0.425. The Balaban J connectivity index is 2.94. The van der Waals surface area contributed by atoms with Gasteiger partial charge in [0.25, 0.3) is 0 Å². The average molecular weight is 202 g/mol. The van der Waals surface area contributed by atoms with Gasteiger partial charge < -0.3 is 4.74 Å². The van der Waals surface area contributed by atoms with Gasteiger partial charge in [-0.2, -0.15) is 5.26 Å². The van der Waals surface area contributed by atoms with Crippen molar-refractivity contribution >= 4 is 0 Å². The van der Waals surface area contributed by atoms with E-state index in [4.69, 9.17) is 5.26 Å². The van der Waals surface area contributed by atoms with Gasteiger partial charge in [-0.25, -0.2) is 4.98 Å². The summed E-state index contributed by atoms with van der Waals surface area (Å²) in [7, 11) is 0. The van der Waals surface area contributed by atoms with Crippen molar-refractivity contribution in [2.45, 2.75) is 13.3 Å². The second kappa shape index (κ2) is 3.54. The number of aromatic nitrogens is 1. The summed E-state index contributed by atoms with van der Waals surface area (Å²) in [4.78, 5) is 3.49. The van der Waals surface area contributed by atoms with E-state index in [2.05, 4.69) is 9.72 Å². The van der Waals surface area contributed by atoms with E-state index in [1.165, 1.54) is 6.92 Å². The van der Waals surface area contributed by atoms with Crippen molar-refractivity contribution in [3.05, 3.63) is 23.5 Å². The van der Waals surface area contributed by atoms with E-state index in [1.807, 2.05) is 0 Å². The number of hydrogen-bond donors (Lipinski definition) is 0. The Morgan fingerprint density at radius 2 is 2.14 bits per heavy atom. The number of alkyl halides is 3.